The van der Waals surface area contributed by atoms with Crippen LogP contribution >= 0.6 is 11.6 Å². The van der Waals surface area contributed by atoms with Crippen LogP contribution in [0, 0.1) is 17.2 Å². The van der Waals surface area contributed by atoms with Gasteiger partial charge in [-0.05, 0) is 79.0 Å². The molecule has 2 aromatic carbocycles. The van der Waals surface area contributed by atoms with Gasteiger partial charge >= 0.3 is 0 Å². The third-order valence-electron chi connectivity index (χ3n) is 8.17. The molecule has 2 aromatic rings. The fourth-order valence-corrected chi connectivity index (χ4v) is 5.89. The number of piperidine rings is 1. The van der Waals surface area contributed by atoms with Gasteiger partial charge in [-0.3, -0.25) is 9.59 Å². The van der Waals surface area contributed by atoms with E-state index in [0.717, 1.165) is 42.5 Å². The van der Waals surface area contributed by atoms with Crippen molar-refractivity contribution in [1.82, 2.24) is 9.80 Å². The van der Waals surface area contributed by atoms with Gasteiger partial charge in [-0.1, -0.05) is 30.7 Å². The van der Waals surface area contributed by atoms with Crippen LogP contribution in [0.4, 0.5) is 10.1 Å². The number of likely N-dealkylation sites (N-methyl/N-ethyl adjacent to an activating group) is 1. The maximum atomic E-state index is 13.8. The number of nitrogens with two attached hydrogens (primary N) is 1. The van der Waals surface area contributed by atoms with E-state index < -0.39 is 0 Å². The SMILES string of the molecule is CCC1c2cc(OCC(=O)N(C)C)c(Cl)cc2NCC1C(=O)N1CCC(CN)(Cc2ccc(F)cc2)CC1. The first-order valence-corrected chi connectivity index (χ1v) is 13.7. The van der Waals surface area contributed by atoms with Gasteiger partial charge in [0.05, 0.1) is 10.9 Å². The van der Waals surface area contributed by atoms with Crippen LogP contribution < -0.4 is 15.8 Å². The molecule has 2 atom stereocenters. The van der Waals surface area contributed by atoms with Crippen LogP contribution in [-0.2, 0) is 16.0 Å². The molecule has 0 bridgehead atoms. The number of amides is 2. The van der Waals surface area contributed by atoms with E-state index in [1.807, 2.05) is 29.2 Å². The zero-order valence-electron chi connectivity index (χ0n) is 22.4. The highest BCUT2D eigenvalue weighted by atomic mass is 35.5. The number of carbonyl (C=O) groups is 2. The van der Waals surface area contributed by atoms with Crippen LogP contribution in [0.2, 0.25) is 5.02 Å². The summed E-state index contributed by atoms with van der Waals surface area (Å²) in [5.41, 5.74) is 9.09. The fraction of sp³-hybridized carbons (Fsp3) is 0.517. The number of hydrogen-bond donors (Lipinski definition) is 2. The Balaban J connectivity index is 1.45. The molecule has 1 saturated heterocycles. The standard InChI is InChI=1S/C29H38ClFN4O3/c1-4-21-22-13-26(38-17-27(36)34(2)3)24(30)14-25(22)33-16-23(21)28(37)35-11-9-29(18-32,10-12-35)15-19-5-7-20(31)8-6-19/h5-8,13-14,21,23,33H,4,9-12,15-18,32H2,1-3H3. The maximum Gasteiger partial charge on any atom is 0.259 e. The predicted octanol–water partition coefficient (Wildman–Crippen LogP) is 4.29. The summed E-state index contributed by atoms with van der Waals surface area (Å²) < 4.78 is 19.1. The summed E-state index contributed by atoms with van der Waals surface area (Å²) in [6.45, 7) is 4.35. The van der Waals surface area contributed by atoms with Crippen molar-refractivity contribution in [1.29, 1.82) is 0 Å². The second-order valence-corrected chi connectivity index (χ2v) is 11.2. The maximum absolute atomic E-state index is 13.8. The number of carbonyl (C=O) groups excluding carboxylic acids is 2. The van der Waals surface area contributed by atoms with Crippen LogP contribution in [0.1, 0.15) is 43.2 Å². The first-order chi connectivity index (χ1) is 18.2. The molecular weight excluding hydrogens is 507 g/mol. The molecule has 7 nitrogen and oxygen atoms in total. The predicted molar refractivity (Wildman–Crippen MR) is 148 cm³/mol. The summed E-state index contributed by atoms with van der Waals surface area (Å²) in [6, 6.07) is 10.3. The Kier molecular flexibility index (Phi) is 8.83. The third-order valence-corrected chi connectivity index (χ3v) is 8.47. The number of hydrogen-bond acceptors (Lipinski definition) is 5. The number of likely N-dealkylation sites (tertiary alicyclic amines) is 1. The van der Waals surface area contributed by atoms with E-state index in [4.69, 9.17) is 22.1 Å². The Bertz CT molecular complexity index is 1150. The van der Waals surface area contributed by atoms with Crippen LogP contribution in [0.15, 0.2) is 36.4 Å². The van der Waals surface area contributed by atoms with Gasteiger partial charge < -0.3 is 25.6 Å². The number of anilines is 1. The summed E-state index contributed by atoms with van der Waals surface area (Å²) in [5, 5.41) is 3.83. The van der Waals surface area contributed by atoms with E-state index in [2.05, 4.69) is 12.2 Å². The molecule has 0 aliphatic carbocycles. The normalized spacial score (nSPS) is 20.3. The summed E-state index contributed by atoms with van der Waals surface area (Å²) in [7, 11) is 3.35. The van der Waals surface area contributed by atoms with E-state index in [9.17, 15) is 14.0 Å². The van der Waals surface area contributed by atoms with Gasteiger partial charge in [0.1, 0.15) is 11.6 Å². The van der Waals surface area contributed by atoms with E-state index in [1.54, 1.807) is 14.1 Å². The molecule has 38 heavy (non-hydrogen) atoms. The lowest BCUT2D eigenvalue weighted by atomic mass is 9.73. The number of halogens is 2. The van der Waals surface area contributed by atoms with Gasteiger partial charge in [-0.25, -0.2) is 4.39 Å². The van der Waals surface area contributed by atoms with Crippen LogP contribution in [-0.4, -0.2) is 68.5 Å². The largest absolute Gasteiger partial charge is 0.482 e. The second kappa shape index (κ2) is 11.9. The number of nitrogens with zero attached hydrogens (tertiary/aromatic N) is 2. The number of benzene rings is 2. The van der Waals surface area contributed by atoms with Gasteiger partial charge in [-0.15, -0.1) is 0 Å². The molecule has 4 rings (SSSR count). The van der Waals surface area contributed by atoms with Crippen molar-refractivity contribution in [2.75, 3.05) is 52.2 Å². The Morgan fingerprint density at radius 2 is 1.89 bits per heavy atom. The number of ether oxygens (including phenoxy) is 1. The molecule has 2 amide bonds. The number of fused-ring (bicyclic) bond motifs is 1. The summed E-state index contributed by atoms with van der Waals surface area (Å²) in [6.07, 6.45) is 3.19. The minimum Gasteiger partial charge on any atom is -0.482 e. The fourth-order valence-electron chi connectivity index (χ4n) is 5.68. The van der Waals surface area contributed by atoms with Crippen molar-refractivity contribution < 1.29 is 18.7 Å². The second-order valence-electron chi connectivity index (χ2n) is 10.8. The monoisotopic (exact) mass is 544 g/mol. The molecule has 2 heterocycles. The Hall–Kier alpha value is -2.84. The summed E-state index contributed by atoms with van der Waals surface area (Å²) in [5.74, 6) is -0.0268. The van der Waals surface area contributed by atoms with Crippen molar-refractivity contribution in [2.45, 2.75) is 38.5 Å². The number of nitrogens with one attached hydrogen (secondary N) is 1. The Morgan fingerprint density at radius 1 is 1.21 bits per heavy atom. The van der Waals surface area contributed by atoms with Gasteiger partial charge in [0.15, 0.2) is 6.61 Å². The summed E-state index contributed by atoms with van der Waals surface area (Å²) in [4.78, 5) is 29.2. The Labute approximate surface area is 229 Å². The lowest BCUT2D eigenvalue weighted by Crippen LogP contribution is -2.50. The average Bonchev–Trinajstić information content (AvgIpc) is 2.92. The van der Waals surface area contributed by atoms with Crippen molar-refractivity contribution in [3.63, 3.8) is 0 Å². The molecule has 0 saturated carbocycles. The van der Waals surface area contributed by atoms with E-state index in [0.29, 0.717) is 37.0 Å². The van der Waals surface area contributed by atoms with E-state index >= 15 is 0 Å². The molecule has 0 aromatic heterocycles. The highest BCUT2D eigenvalue weighted by molar-refractivity contribution is 6.32. The van der Waals surface area contributed by atoms with Gasteiger partial charge in [0.2, 0.25) is 5.91 Å². The lowest BCUT2D eigenvalue weighted by Gasteiger charge is -2.44. The molecule has 1 fully saturated rings. The first kappa shape index (κ1) is 28.2. The molecule has 2 unspecified atom stereocenters. The van der Waals surface area contributed by atoms with Crippen LogP contribution in [0.3, 0.4) is 0 Å². The summed E-state index contributed by atoms with van der Waals surface area (Å²) >= 11 is 6.45. The quantitative estimate of drug-likeness (QED) is 0.517. The molecule has 9 heteroatoms. The van der Waals surface area contributed by atoms with Crippen molar-refractivity contribution in [3.05, 3.63) is 58.4 Å². The van der Waals surface area contributed by atoms with Crippen LogP contribution in [0.5, 0.6) is 5.75 Å². The van der Waals surface area contributed by atoms with E-state index in [1.165, 1.54) is 17.0 Å². The zero-order chi connectivity index (χ0) is 27.4. The smallest absolute Gasteiger partial charge is 0.259 e. The molecule has 206 valence electrons. The average molecular weight is 545 g/mol. The molecule has 0 radical (unpaired) electrons. The lowest BCUT2D eigenvalue weighted by molar-refractivity contribution is -0.138. The Morgan fingerprint density at radius 3 is 2.50 bits per heavy atom. The molecule has 2 aliphatic heterocycles. The third kappa shape index (κ3) is 6.07. The first-order valence-electron chi connectivity index (χ1n) is 13.3. The van der Waals surface area contributed by atoms with E-state index in [-0.39, 0.29) is 41.5 Å². The van der Waals surface area contributed by atoms with Crippen LogP contribution in [0.25, 0.3) is 0 Å². The molecular formula is C29H38ClFN4O3. The number of rotatable bonds is 8. The zero-order valence-corrected chi connectivity index (χ0v) is 23.2. The molecule has 3 N–H and O–H groups in total. The molecule has 2 aliphatic rings. The van der Waals surface area contributed by atoms with Crippen molar-refractivity contribution >= 4 is 29.1 Å². The topological polar surface area (TPSA) is 87.9 Å². The molecule has 0 spiro atoms. The van der Waals surface area contributed by atoms with Crippen molar-refractivity contribution in [2.24, 2.45) is 17.1 Å². The minimum absolute atomic E-state index is 0.00308. The highest BCUT2D eigenvalue weighted by Crippen LogP contribution is 2.44. The van der Waals surface area contributed by atoms with Gasteiger partial charge in [-0.2, -0.15) is 0 Å². The minimum atomic E-state index is -0.243. The van der Waals surface area contributed by atoms with Gasteiger partial charge in [0.25, 0.3) is 5.91 Å². The van der Waals surface area contributed by atoms with Crippen molar-refractivity contribution in [3.8, 4) is 5.75 Å². The highest BCUT2D eigenvalue weighted by Gasteiger charge is 2.40. The van der Waals surface area contributed by atoms with Gasteiger partial charge in [0, 0.05) is 39.4 Å².